The molecule has 10 heteroatoms. The quantitative estimate of drug-likeness (QED) is 0.786. The molecule has 1 aromatic heterocycles. The zero-order valence-corrected chi connectivity index (χ0v) is 15.6. The molecule has 8 nitrogen and oxygen atoms in total. The van der Waals surface area contributed by atoms with Crippen LogP contribution in [-0.4, -0.2) is 48.7 Å². The van der Waals surface area contributed by atoms with Gasteiger partial charge in [-0.1, -0.05) is 17.7 Å². The van der Waals surface area contributed by atoms with Gasteiger partial charge in [0.15, 0.2) is 5.13 Å². The summed E-state index contributed by atoms with van der Waals surface area (Å²) in [7, 11) is -3.89. The largest absolute Gasteiger partial charge is 0.353 e. The van der Waals surface area contributed by atoms with Gasteiger partial charge >= 0.3 is 0 Å². The number of sulfonamides is 1. The number of carbonyl (C=O) groups excluding carboxylic acids is 2. The third-order valence-corrected chi connectivity index (χ3v) is 6.58. The third-order valence-electron chi connectivity index (χ3n) is 3.97. The lowest BCUT2D eigenvalue weighted by Crippen LogP contribution is -2.57. The summed E-state index contributed by atoms with van der Waals surface area (Å²) in [6.07, 6.45) is 1.26. The van der Waals surface area contributed by atoms with Crippen LogP contribution in [0.1, 0.15) is 12.0 Å². The predicted molar refractivity (Wildman–Crippen MR) is 97.2 cm³/mol. The molecule has 1 aromatic carbocycles. The smallest absolute Gasteiger partial charge is 0.243 e. The number of rotatable bonds is 5. The fourth-order valence-electron chi connectivity index (χ4n) is 2.65. The van der Waals surface area contributed by atoms with E-state index in [1.54, 1.807) is 23.7 Å². The number of benzene rings is 1. The van der Waals surface area contributed by atoms with E-state index in [1.165, 1.54) is 23.5 Å². The van der Waals surface area contributed by atoms with Crippen LogP contribution in [0.3, 0.4) is 0 Å². The molecule has 0 bridgehead atoms. The highest BCUT2D eigenvalue weighted by Crippen LogP contribution is 2.22. The van der Waals surface area contributed by atoms with Crippen LogP contribution in [0.4, 0.5) is 5.13 Å². The Morgan fingerprint density at radius 3 is 2.77 bits per heavy atom. The number of aromatic nitrogens is 1. The average molecular weight is 394 g/mol. The van der Waals surface area contributed by atoms with Crippen molar-refractivity contribution in [2.24, 2.45) is 0 Å². The van der Waals surface area contributed by atoms with Crippen molar-refractivity contribution < 1.29 is 18.0 Å². The number of amides is 2. The monoisotopic (exact) mass is 394 g/mol. The van der Waals surface area contributed by atoms with Gasteiger partial charge in [0.05, 0.1) is 11.3 Å². The van der Waals surface area contributed by atoms with Gasteiger partial charge in [-0.3, -0.25) is 9.59 Å². The first-order valence-corrected chi connectivity index (χ1v) is 10.3. The zero-order valence-electron chi connectivity index (χ0n) is 14.0. The second-order valence-corrected chi connectivity index (χ2v) is 8.61. The fourth-order valence-corrected chi connectivity index (χ4v) is 4.79. The minimum absolute atomic E-state index is 0.100. The molecule has 2 N–H and O–H groups in total. The summed E-state index contributed by atoms with van der Waals surface area (Å²) >= 11 is 1.24. The molecule has 3 rings (SSSR count). The molecule has 0 aliphatic carbocycles. The van der Waals surface area contributed by atoms with Gasteiger partial charge in [0.2, 0.25) is 21.8 Å². The van der Waals surface area contributed by atoms with E-state index in [0.29, 0.717) is 5.13 Å². The summed E-state index contributed by atoms with van der Waals surface area (Å²) in [6.45, 7) is 2.17. The van der Waals surface area contributed by atoms with Crippen molar-refractivity contribution in [3.05, 3.63) is 41.4 Å². The molecular formula is C16H18N4O4S2. The van der Waals surface area contributed by atoms with Crippen molar-refractivity contribution in [1.82, 2.24) is 14.6 Å². The number of aryl methyl sites for hydroxylation is 1. The van der Waals surface area contributed by atoms with Crippen LogP contribution in [0.5, 0.6) is 0 Å². The standard InChI is InChI=1S/C16H18N4O4S2/c1-11-2-4-12(5-3-11)26(23,24)20-8-6-17-15(22)13(20)10-14(21)19-16-18-7-9-25-16/h2-5,7,9,13H,6,8,10H2,1H3,(H,17,22)(H,18,19,21)/t13-/m1/s1. The molecule has 1 aliphatic heterocycles. The summed E-state index contributed by atoms with van der Waals surface area (Å²) in [6, 6.07) is 5.30. The summed E-state index contributed by atoms with van der Waals surface area (Å²) in [5, 5.41) is 7.30. The molecule has 0 spiro atoms. The van der Waals surface area contributed by atoms with E-state index in [-0.39, 0.29) is 24.4 Å². The summed E-state index contributed by atoms with van der Waals surface area (Å²) < 4.78 is 27.0. The van der Waals surface area contributed by atoms with Crippen LogP contribution in [0.25, 0.3) is 0 Å². The molecule has 0 radical (unpaired) electrons. The van der Waals surface area contributed by atoms with Crippen molar-refractivity contribution >= 4 is 38.3 Å². The van der Waals surface area contributed by atoms with Crippen molar-refractivity contribution in [2.45, 2.75) is 24.3 Å². The number of hydrogen-bond donors (Lipinski definition) is 2. The molecule has 2 amide bonds. The van der Waals surface area contributed by atoms with Crippen molar-refractivity contribution in [3.63, 3.8) is 0 Å². The van der Waals surface area contributed by atoms with Crippen LogP contribution in [0.15, 0.2) is 40.7 Å². The van der Waals surface area contributed by atoms with Crippen LogP contribution >= 0.6 is 11.3 Å². The first kappa shape index (κ1) is 18.5. The van der Waals surface area contributed by atoms with E-state index in [4.69, 9.17) is 0 Å². The van der Waals surface area contributed by atoms with Gasteiger partial charge in [0.25, 0.3) is 0 Å². The number of nitrogens with one attached hydrogen (secondary N) is 2. The Labute approximate surface area is 155 Å². The second kappa shape index (κ2) is 7.52. The minimum Gasteiger partial charge on any atom is -0.353 e. The van der Waals surface area contributed by atoms with E-state index >= 15 is 0 Å². The summed E-state index contributed by atoms with van der Waals surface area (Å²) in [5.41, 5.74) is 0.930. The Balaban J connectivity index is 1.82. The van der Waals surface area contributed by atoms with Gasteiger partial charge in [0, 0.05) is 24.7 Å². The number of nitrogens with zero attached hydrogens (tertiary/aromatic N) is 2. The fraction of sp³-hybridized carbons (Fsp3) is 0.312. The Morgan fingerprint density at radius 2 is 2.12 bits per heavy atom. The van der Waals surface area contributed by atoms with E-state index in [2.05, 4.69) is 15.6 Å². The Kier molecular flexibility index (Phi) is 5.35. The number of carbonyl (C=O) groups is 2. The molecule has 2 heterocycles. The van der Waals surface area contributed by atoms with Crippen molar-refractivity contribution in [2.75, 3.05) is 18.4 Å². The lowest BCUT2D eigenvalue weighted by Gasteiger charge is -2.33. The van der Waals surface area contributed by atoms with Gasteiger partial charge in [0.1, 0.15) is 6.04 Å². The number of thiazole rings is 1. The minimum atomic E-state index is -3.89. The number of anilines is 1. The van der Waals surface area contributed by atoms with Gasteiger partial charge in [-0.25, -0.2) is 13.4 Å². The van der Waals surface area contributed by atoms with Crippen LogP contribution in [-0.2, 0) is 19.6 Å². The molecule has 0 unspecified atom stereocenters. The molecule has 138 valence electrons. The van der Waals surface area contributed by atoms with Crippen molar-refractivity contribution in [1.29, 1.82) is 0 Å². The first-order valence-electron chi connectivity index (χ1n) is 7.93. The third kappa shape index (κ3) is 3.92. The summed E-state index contributed by atoms with van der Waals surface area (Å²) in [4.78, 5) is 28.5. The highest BCUT2D eigenvalue weighted by molar-refractivity contribution is 7.89. The maximum absolute atomic E-state index is 13.0. The molecule has 1 fully saturated rings. The Morgan fingerprint density at radius 1 is 1.38 bits per heavy atom. The lowest BCUT2D eigenvalue weighted by molar-refractivity contribution is -0.130. The zero-order chi connectivity index (χ0) is 18.7. The van der Waals surface area contributed by atoms with E-state index in [9.17, 15) is 18.0 Å². The summed E-state index contributed by atoms with van der Waals surface area (Å²) in [5.74, 6) is -0.952. The van der Waals surface area contributed by atoms with Crippen LogP contribution in [0.2, 0.25) is 0 Å². The number of piperazine rings is 1. The molecule has 26 heavy (non-hydrogen) atoms. The number of hydrogen-bond acceptors (Lipinski definition) is 6. The predicted octanol–water partition coefficient (Wildman–Crippen LogP) is 0.969. The van der Waals surface area contributed by atoms with Crippen LogP contribution < -0.4 is 10.6 Å². The molecule has 1 aliphatic rings. The lowest BCUT2D eigenvalue weighted by atomic mass is 10.1. The average Bonchev–Trinajstić information content (AvgIpc) is 3.10. The molecule has 0 saturated carbocycles. The van der Waals surface area contributed by atoms with Crippen LogP contribution in [0, 0.1) is 6.92 Å². The molecule has 2 aromatic rings. The highest BCUT2D eigenvalue weighted by Gasteiger charge is 2.39. The van der Waals surface area contributed by atoms with E-state index in [1.807, 2.05) is 6.92 Å². The normalized spacial score (nSPS) is 18.3. The highest BCUT2D eigenvalue weighted by atomic mass is 32.2. The second-order valence-electron chi connectivity index (χ2n) is 5.83. The molecule has 1 saturated heterocycles. The molecule has 1 atom stereocenters. The van der Waals surface area contributed by atoms with Gasteiger partial charge < -0.3 is 10.6 Å². The van der Waals surface area contributed by atoms with Gasteiger partial charge in [-0.15, -0.1) is 11.3 Å². The Hall–Kier alpha value is -2.30. The SMILES string of the molecule is Cc1ccc(S(=O)(=O)N2CCNC(=O)[C@H]2CC(=O)Nc2nccs2)cc1. The van der Waals surface area contributed by atoms with E-state index < -0.39 is 27.9 Å². The first-order chi connectivity index (χ1) is 12.4. The topological polar surface area (TPSA) is 108 Å². The van der Waals surface area contributed by atoms with Gasteiger partial charge in [-0.2, -0.15) is 4.31 Å². The maximum Gasteiger partial charge on any atom is 0.243 e. The van der Waals surface area contributed by atoms with Crippen molar-refractivity contribution in [3.8, 4) is 0 Å². The van der Waals surface area contributed by atoms with Gasteiger partial charge in [-0.05, 0) is 19.1 Å². The van der Waals surface area contributed by atoms with E-state index in [0.717, 1.165) is 9.87 Å². The maximum atomic E-state index is 13.0. The Bertz CT molecular complexity index is 895. The molecular weight excluding hydrogens is 376 g/mol.